The number of methoxy groups -OCH3 is 1. The van der Waals surface area contributed by atoms with Crippen molar-refractivity contribution in [3.8, 4) is 0 Å². The normalized spacial score (nSPS) is 8.36. The Hall–Kier alpha value is -0.990. The standard InChI is InChI=1S/C6H10O3.C2H6/c1-3-9-6(7)4-5-8-2;1-2/h4-5H,3H2,1-2H3;1-2H3/b5-4-;. The molecule has 0 N–H and O–H groups in total. The van der Waals surface area contributed by atoms with Crippen LogP contribution in [0, 0.1) is 0 Å². The quantitative estimate of drug-likeness (QED) is 0.358. The van der Waals surface area contributed by atoms with Crippen LogP contribution in [0.4, 0.5) is 0 Å². The molecule has 0 radical (unpaired) electrons. The SMILES string of the molecule is CC.CCOC(=O)/C=C\OC. The second kappa shape index (κ2) is 11.8. The van der Waals surface area contributed by atoms with E-state index in [0.717, 1.165) is 0 Å². The molecular weight excluding hydrogens is 144 g/mol. The Morgan fingerprint density at radius 1 is 1.45 bits per heavy atom. The van der Waals surface area contributed by atoms with Crippen LogP contribution < -0.4 is 0 Å². The maximum Gasteiger partial charge on any atom is 0.333 e. The third-order valence-electron chi connectivity index (χ3n) is 0.627. The third kappa shape index (κ3) is 12.3. The Balaban J connectivity index is 0. The molecule has 0 aliphatic heterocycles. The first kappa shape index (κ1) is 12.7. The van der Waals surface area contributed by atoms with E-state index in [1.54, 1.807) is 6.92 Å². The highest BCUT2D eigenvalue weighted by molar-refractivity contribution is 5.81. The van der Waals surface area contributed by atoms with E-state index in [1.165, 1.54) is 19.4 Å². The Labute approximate surface area is 68.0 Å². The van der Waals surface area contributed by atoms with Crippen molar-refractivity contribution in [1.29, 1.82) is 0 Å². The average molecular weight is 160 g/mol. The van der Waals surface area contributed by atoms with Crippen LogP contribution in [0.2, 0.25) is 0 Å². The highest BCUT2D eigenvalue weighted by Gasteiger charge is 1.90. The predicted molar refractivity (Wildman–Crippen MR) is 44.1 cm³/mol. The molecule has 0 amide bonds. The zero-order chi connectivity index (χ0) is 9.11. The minimum absolute atomic E-state index is 0.376. The van der Waals surface area contributed by atoms with Gasteiger partial charge in [-0.2, -0.15) is 0 Å². The number of esters is 1. The van der Waals surface area contributed by atoms with E-state index in [0.29, 0.717) is 6.61 Å². The Bertz CT molecular complexity index is 108. The van der Waals surface area contributed by atoms with Gasteiger partial charge in [-0.05, 0) is 6.92 Å². The third-order valence-corrected chi connectivity index (χ3v) is 0.627. The van der Waals surface area contributed by atoms with Gasteiger partial charge in [0, 0.05) is 0 Å². The first-order chi connectivity index (χ1) is 5.31. The molecule has 66 valence electrons. The molecule has 0 saturated carbocycles. The van der Waals surface area contributed by atoms with Gasteiger partial charge in [-0.25, -0.2) is 4.79 Å². The molecule has 0 bridgehead atoms. The van der Waals surface area contributed by atoms with Gasteiger partial charge in [0.05, 0.1) is 26.1 Å². The summed E-state index contributed by atoms with van der Waals surface area (Å²) in [6.07, 6.45) is 2.50. The van der Waals surface area contributed by atoms with Crippen molar-refractivity contribution in [2.75, 3.05) is 13.7 Å². The Morgan fingerprint density at radius 2 is 2.00 bits per heavy atom. The van der Waals surface area contributed by atoms with Crippen molar-refractivity contribution in [3.63, 3.8) is 0 Å². The minimum atomic E-state index is -0.376. The van der Waals surface area contributed by atoms with Gasteiger partial charge in [0.25, 0.3) is 0 Å². The second-order valence-corrected chi connectivity index (χ2v) is 1.29. The fourth-order valence-corrected chi connectivity index (χ4v) is 0.314. The van der Waals surface area contributed by atoms with Crippen LogP contribution in [-0.2, 0) is 14.3 Å². The van der Waals surface area contributed by atoms with Crippen molar-refractivity contribution in [1.82, 2.24) is 0 Å². The number of rotatable bonds is 3. The van der Waals surface area contributed by atoms with Crippen LogP contribution in [0.1, 0.15) is 20.8 Å². The number of hydrogen-bond acceptors (Lipinski definition) is 3. The molecule has 0 rings (SSSR count). The van der Waals surface area contributed by atoms with Gasteiger partial charge in [-0.1, -0.05) is 13.8 Å². The summed E-state index contributed by atoms with van der Waals surface area (Å²) in [5.41, 5.74) is 0. The van der Waals surface area contributed by atoms with E-state index in [-0.39, 0.29) is 5.97 Å². The van der Waals surface area contributed by atoms with E-state index < -0.39 is 0 Å². The zero-order valence-electron chi connectivity index (χ0n) is 7.59. The van der Waals surface area contributed by atoms with E-state index in [2.05, 4.69) is 9.47 Å². The number of ether oxygens (including phenoxy) is 2. The van der Waals surface area contributed by atoms with Crippen LogP contribution in [-0.4, -0.2) is 19.7 Å². The van der Waals surface area contributed by atoms with Gasteiger partial charge in [-0.15, -0.1) is 0 Å². The van der Waals surface area contributed by atoms with Gasteiger partial charge in [0.2, 0.25) is 0 Å². The summed E-state index contributed by atoms with van der Waals surface area (Å²) in [6.45, 7) is 6.14. The molecule has 0 aliphatic carbocycles. The maximum absolute atomic E-state index is 10.4. The number of carbonyl (C=O) groups excluding carboxylic acids is 1. The summed E-state index contributed by atoms with van der Waals surface area (Å²) in [7, 11) is 1.47. The van der Waals surface area contributed by atoms with Crippen LogP contribution >= 0.6 is 0 Å². The lowest BCUT2D eigenvalue weighted by atomic mass is 10.6. The summed E-state index contributed by atoms with van der Waals surface area (Å²) in [5, 5.41) is 0. The molecular formula is C8H16O3. The Morgan fingerprint density at radius 3 is 2.36 bits per heavy atom. The van der Waals surface area contributed by atoms with Crippen molar-refractivity contribution in [2.45, 2.75) is 20.8 Å². The molecule has 0 saturated heterocycles. The smallest absolute Gasteiger partial charge is 0.333 e. The monoisotopic (exact) mass is 160 g/mol. The van der Waals surface area contributed by atoms with E-state index in [1.807, 2.05) is 13.8 Å². The molecule has 0 unspecified atom stereocenters. The molecule has 0 aromatic carbocycles. The molecule has 3 heteroatoms. The van der Waals surface area contributed by atoms with Gasteiger partial charge >= 0.3 is 5.97 Å². The minimum Gasteiger partial charge on any atom is -0.504 e. The first-order valence-corrected chi connectivity index (χ1v) is 3.67. The number of hydrogen-bond donors (Lipinski definition) is 0. The van der Waals surface area contributed by atoms with Gasteiger partial charge in [-0.3, -0.25) is 0 Å². The molecule has 0 atom stereocenters. The summed E-state index contributed by atoms with van der Waals surface area (Å²) in [5.74, 6) is -0.376. The fourth-order valence-electron chi connectivity index (χ4n) is 0.314. The van der Waals surface area contributed by atoms with Crippen molar-refractivity contribution < 1.29 is 14.3 Å². The van der Waals surface area contributed by atoms with Crippen molar-refractivity contribution >= 4 is 5.97 Å². The van der Waals surface area contributed by atoms with Crippen molar-refractivity contribution in [2.24, 2.45) is 0 Å². The molecule has 3 nitrogen and oxygen atoms in total. The molecule has 0 fully saturated rings. The predicted octanol–water partition coefficient (Wildman–Crippen LogP) is 1.74. The first-order valence-electron chi connectivity index (χ1n) is 3.67. The van der Waals surface area contributed by atoms with E-state index in [9.17, 15) is 4.79 Å². The van der Waals surface area contributed by atoms with E-state index >= 15 is 0 Å². The van der Waals surface area contributed by atoms with Gasteiger partial charge in [0.1, 0.15) is 0 Å². The highest BCUT2D eigenvalue weighted by atomic mass is 16.5. The lowest BCUT2D eigenvalue weighted by Gasteiger charge is -1.92. The summed E-state index contributed by atoms with van der Waals surface area (Å²) in [4.78, 5) is 10.4. The van der Waals surface area contributed by atoms with Gasteiger partial charge in [0.15, 0.2) is 0 Å². The van der Waals surface area contributed by atoms with Crippen molar-refractivity contribution in [3.05, 3.63) is 12.3 Å². The molecule has 0 heterocycles. The molecule has 11 heavy (non-hydrogen) atoms. The molecule has 0 aliphatic rings. The summed E-state index contributed by atoms with van der Waals surface area (Å²) < 4.78 is 9.02. The van der Waals surface area contributed by atoms with Crippen LogP contribution in [0.25, 0.3) is 0 Å². The molecule has 0 aromatic rings. The lowest BCUT2D eigenvalue weighted by molar-refractivity contribution is -0.137. The second-order valence-electron chi connectivity index (χ2n) is 1.29. The Kier molecular flexibility index (Phi) is 13.5. The summed E-state index contributed by atoms with van der Waals surface area (Å²) >= 11 is 0. The van der Waals surface area contributed by atoms with Gasteiger partial charge < -0.3 is 9.47 Å². The van der Waals surface area contributed by atoms with E-state index in [4.69, 9.17) is 0 Å². The number of carbonyl (C=O) groups is 1. The fraction of sp³-hybridized carbons (Fsp3) is 0.625. The topological polar surface area (TPSA) is 35.5 Å². The largest absolute Gasteiger partial charge is 0.504 e. The zero-order valence-corrected chi connectivity index (χ0v) is 7.59. The lowest BCUT2D eigenvalue weighted by Crippen LogP contribution is -1.98. The average Bonchev–Trinajstić information content (AvgIpc) is 2.05. The summed E-state index contributed by atoms with van der Waals surface area (Å²) in [6, 6.07) is 0. The van der Waals surface area contributed by atoms with Crippen LogP contribution in [0.3, 0.4) is 0 Å². The molecule has 0 aromatic heterocycles. The van der Waals surface area contributed by atoms with Crippen LogP contribution in [0.5, 0.6) is 0 Å². The molecule has 0 spiro atoms. The van der Waals surface area contributed by atoms with Crippen LogP contribution in [0.15, 0.2) is 12.3 Å². The highest BCUT2D eigenvalue weighted by Crippen LogP contribution is 1.79. The maximum atomic E-state index is 10.4.